The van der Waals surface area contributed by atoms with Crippen LogP contribution in [-0.2, 0) is 6.54 Å². The maximum atomic E-state index is 9.90. The minimum absolute atomic E-state index is 0.135. The molecule has 0 spiro atoms. The highest BCUT2D eigenvalue weighted by Crippen LogP contribution is 2.21. The predicted molar refractivity (Wildman–Crippen MR) is 69.1 cm³/mol. The molecular formula is C14H21NO3. The van der Waals surface area contributed by atoms with Gasteiger partial charge in [-0.3, -0.25) is 4.90 Å². The highest BCUT2D eigenvalue weighted by molar-refractivity contribution is 5.25. The molecule has 4 heteroatoms. The van der Waals surface area contributed by atoms with Gasteiger partial charge in [0.05, 0.1) is 24.9 Å². The summed E-state index contributed by atoms with van der Waals surface area (Å²) in [4.78, 5) is 2.04. The van der Waals surface area contributed by atoms with Crippen molar-refractivity contribution in [2.45, 2.75) is 38.1 Å². The van der Waals surface area contributed by atoms with Crippen molar-refractivity contribution in [3.05, 3.63) is 35.4 Å². The van der Waals surface area contributed by atoms with Crippen molar-refractivity contribution in [1.29, 1.82) is 0 Å². The van der Waals surface area contributed by atoms with Crippen LogP contribution in [0.5, 0.6) is 0 Å². The van der Waals surface area contributed by atoms with Crippen LogP contribution in [0.25, 0.3) is 0 Å². The zero-order valence-corrected chi connectivity index (χ0v) is 10.7. The predicted octanol–water partition coefficient (Wildman–Crippen LogP) is 0.283. The lowest BCUT2D eigenvalue weighted by molar-refractivity contribution is -0.0921. The zero-order chi connectivity index (χ0) is 13.1. The fraction of sp³-hybridized carbons (Fsp3) is 0.571. The highest BCUT2D eigenvalue weighted by Gasteiger charge is 2.35. The quantitative estimate of drug-likeness (QED) is 0.722. The molecule has 0 unspecified atom stereocenters. The Morgan fingerprint density at radius 1 is 1.28 bits per heavy atom. The van der Waals surface area contributed by atoms with E-state index in [1.807, 2.05) is 17.0 Å². The van der Waals surface area contributed by atoms with E-state index >= 15 is 0 Å². The first-order valence-corrected chi connectivity index (χ1v) is 6.39. The third-order valence-electron chi connectivity index (χ3n) is 3.79. The van der Waals surface area contributed by atoms with Crippen LogP contribution < -0.4 is 0 Å². The average molecular weight is 251 g/mol. The van der Waals surface area contributed by atoms with Crippen molar-refractivity contribution in [2.75, 3.05) is 13.2 Å². The first-order valence-electron chi connectivity index (χ1n) is 6.39. The second-order valence-electron chi connectivity index (χ2n) is 4.99. The maximum Gasteiger partial charge on any atom is 0.0976 e. The number of aliphatic hydroxyl groups excluding tert-OH is 3. The Morgan fingerprint density at radius 3 is 2.67 bits per heavy atom. The molecule has 100 valence electrons. The lowest BCUT2D eigenvalue weighted by Crippen LogP contribution is -2.55. The molecule has 0 aromatic heterocycles. The van der Waals surface area contributed by atoms with E-state index < -0.39 is 12.2 Å². The van der Waals surface area contributed by atoms with Gasteiger partial charge in [0.1, 0.15) is 0 Å². The normalized spacial score (nSPS) is 29.4. The Balaban J connectivity index is 2.11. The molecular weight excluding hydrogens is 230 g/mol. The van der Waals surface area contributed by atoms with Crippen molar-refractivity contribution in [2.24, 2.45) is 0 Å². The Morgan fingerprint density at radius 2 is 2.00 bits per heavy atom. The summed E-state index contributed by atoms with van der Waals surface area (Å²) in [5, 5.41) is 28.9. The molecule has 0 radical (unpaired) electrons. The Hall–Kier alpha value is -0.940. The number of hydrogen-bond donors (Lipinski definition) is 3. The molecule has 18 heavy (non-hydrogen) atoms. The molecule has 0 bridgehead atoms. The van der Waals surface area contributed by atoms with Gasteiger partial charge in [0, 0.05) is 13.1 Å². The number of rotatable bonds is 3. The van der Waals surface area contributed by atoms with E-state index in [1.165, 1.54) is 11.1 Å². The highest BCUT2D eigenvalue weighted by atomic mass is 16.3. The fourth-order valence-electron chi connectivity index (χ4n) is 2.53. The van der Waals surface area contributed by atoms with Crippen molar-refractivity contribution in [3.8, 4) is 0 Å². The second-order valence-corrected chi connectivity index (χ2v) is 4.99. The smallest absolute Gasteiger partial charge is 0.0976 e. The van der Waals surface area contributed by atoms with Crippen LogP contribution >= 0.6 is 0 Å². The molecule has 1 aliphatic heterocycles. The van der Waals surface area contributed by atoms with Crippen molar-refractivity contribution in [3.63, 3.8) is 0 Å². The largest absolute Gasteiger partial charge is 0.395 e. The molecule has 3 N–H and O–H groups in total. The lowest BCUT2D eigenvalue weighted by atomic mass is 9.95. The summed E-state index contributed by atoms with van der Waals surface area (Å²) < 4.78 is 0. The summed E-state index contributed by atoms with van der Waals surface area (Å²) in [5.74, 6) is 0. The van der Waals surface area contributed by atoms with Crippen LogP contribution in [0, 0.1) is 6.92 Å². The summed E-state index contributed by atoms with van der Waals surface area (Å²) in [6.07, 6.45) is -1.05. The number of aliphatic hydroxyl groups is 3. The summed E-state index contributed by atoms with van der Waals surface area (Å²) in [6.45, 7) is 3.31. The standard InChI is InChI=1S/C14H21NO3/c1-10-4-2-3-5-11(10)8-15-7-6-13(17)14(18)12(15)9-16/h2-5,12-14,16-18H,6-9H2,1H3/t12-,13-,14-/m1/s1. The maximum absolute atomic E-state index is 9.90. The van der Waals surface area contributed by atoms with E-state index in [0.717, 1.165) is 0 Å². The van der Waals surface area contributed by atoms with Crippen LogP contribution in [0.4, 0.5) is 0 Å². The first kappa shape index (κ1) is 13.5. The van der Waals surface area contributed by atoms with Crippen LogP contribution in [0.3, 0.4) is 0 Å². The molecule has 1 saturated heterocycles. The van der Waals surface area contributed by atoms with Crippen LogP contribution in [0.1, 0.15) is 17.5 Å². The summed E-state index contributed by atoms with van der Waals surface area (Å²) in [6, 6.07) is 7.72. The van der Waals surface area contributed by atoms with Crippen molar-refractivity contribution < 1.29 is 15.3 Å². The molecule has 2 rings (SSSR count). The monoisotopic (exact) mass is 251 g/mol. The van der Waals surface area contributed by atoms with Gasteiger partial charge in [-0.15, -0.1) is 0 Å². The summed E-state index contributed by atoms with van der Waals surface area (Å²) in [7, 11) is 0. The fourth-order valence-corrected chi connectivity index (χ4v) is 2.53. The number of nitrogens with zero attached hydrogens (tertiary/aromatic N) is 1. The van der Waals surface area contributed by atoms with Crippen LogP contribution in [0.2, 0.25) is 0 Å². The second kappa shape index (κ2) is 5.80. The third kappa shape index (κ3) is 2.72. The van der Waals surface area contributed by atoms with Gasteiger partial charge in [0.25, 0.3) is 0 Å². The Bertz CT molecular complexity index is 396. The van der Waals surface area contributed by atoms with E-state index in [2.05, 4.69) is 19.1 Å². The number of benzene rings is 1. The van der Waals surface area contributed by atoms with Crippen molar-refractivity contribution >= 4 is 0 Å². The number of aryl methyl sites for hydroxylation is 1. The molecule has 4 nitrogen and oxygen atoms in total. The van der Waals surface area contributed by atoms with Crippen LogP contribution in [0.15, 0.2) is 24.3 Å². The van der Waals surface area contributed by atoms with Gasteiger partial charge in [0.2, 0.25) is 0 Å². The van der Waals surface area contributed by atoms with E-state index in [4.69, 9.17) is 0 Å². The minimum atomic E-state index is -0.868. The molecule has 1 fully saturated rings. The van der Waals surface area contributed by atoms with Crippen LogP contribution in [-0.4, -0.2) is 51.6 Å². The van der Waals surface area contributed by atoms with Gasteiger partial charge in [-0.1, -0.05) is 24.3 Å². The SMILES string of the molecule is Cc1ccccc1CN1CC[C@@H](O)[C@H](O)[C@H]1CO. The molecule has 0 saturated carbocycles. The number of piperidine rings is 1. The lowest BCUT2D eigenvalue weighted by Gasteiger charge is -2.40. The molecule has 3 atom stereocenters. The first-order chi connectivity index (χ1) is 8.63. The van der Waals surface area contributed by atoms with Gasteiger partial charge in [-0.05, 0) is 24.5 Å². The number of likely N-dealkylation sites (tertiary alicyclic amines) is 1. The van der Waals surface area contributed by atoms with Gasteiger partial charge >= 0.3 is 0 Å². The molecule has 1 aliphatic rings. The number of hydrogen-bond acceptors (Lipinski definition) is 4. The van der Waals surface area contributed by atoms with Crippen molar-refractivity contribution in [1.82, 2.24) is 4.90 Å². The zero-order valence-electron chi connectivity index (χ0n) is 10.7. The van der Waals surface area contributed by atoms with E-state index in [9.17, 15) is 15.3 Å². The molecule has 1 aromatic carbocycles. The average Bonchev–Trinajstić information content (AvgIpc) is 2.37. The molecule has 1 heterocycles. The summed E-state index contributed by atoms with van der Waals surface area (Å²) >= 11 is 0. The Kier molecular flexibility index (Phi) is 4.35. The topological polar surface area (TPSA) is 63.9 Å². The van der Waals surface area contributed by atoms with Gasteiger partial charge in [-0.2, -0.15) is 0 Å². The minimum Gasteiger partial charge on any atom is -0.395 e. The third-order valence-corrected chi connectivity index (χ3v) is 3.79. The van der Waals surface area contributed by atoms with E-state index in [-0.39, 0.29) is 12.6 Å². The summed E-state index contributed by atoms with van der Waals surface area (Å²) in [5.41, 5.74) is 2.40. The molecule has 0 aliphatic carbocycles. The van der Waals surface area contributed by atoms with Gasteiger partial charge in [-0.25, -0.2) is 0 Å². The molecule has 0 amide bonds. The van der Waals surface area contributed by atoms with E-state index in [1.54, 1.807) is 0 Å². The molecule has 1 aromatic rings. The Labute approximate surface area is 107 Å². The van der Waals surface area contributed by atoms with Gasteiger partial charge < -0.3 is 15.3 Å². The van der Waals surface area contributed by atoms with E-state index in [0.29, 0.717) is 19.5 Å². The van der Waals surface area contributed by atoms with Gasteiger partial charge in [0.15, 0.2) is 0 Å².